The van der Waals surface area contributed by atoms with Crippen LogP contribution in [0.3, 0.4) is 0 Å². The van der Waals surface area contributed by atoms with Crippen molar-refractivity contribution >= 4 is 17.1 Å². The number of hydrogen-bond acceptors (Lipinski definition) is 4. The zero-order chi connectivity index (χ0) is 13.2. The third-order valence-electron chi connectivity index (χ3n) is 3.14. The number of aliphatic hydroxyl groups is 1. The lowest BCUT2D eigenvalue weighted by Crippen LogP contribution is -2.46. The molecule has 1 aromatic rings. The number of rotatable bonds is 5. The minimum absolute atomic E-state index is 0.0401. The third kappa shape index (κ3) is 3.37. The first-order chi connectivity index (χ1) is 7.77. The van der Waals surface area contributed by atoms with Crippen molar-refractivity contribution in [2.24, 2.45) is 0 Å². The van der Waals surface area contributed by atoms with Gasteiger partial charge in [0.2, 0.25) is 0 Å². The quantitative estimate of drug-likeness (QED) is 0.820. The Morgan fingerprint density at radius 3 is 2.47 bits per heavy atom. The van der Waals surface area contributed by atoms with Crippen LogP contribution in [0.2, 0.25) is 0 Å². The summed E-state index contributed by atoms with van der Waals surface area (Å²) in [5, 5.41) is 9.26. The monoisotopic (exact) mass is 255 g/mol. The second-order valence-electron chi connectivity index (χ2n) is 5.08. The Morgan fingerprint density at radius 1 is 1.47 bits per heavy atom. The molecule has 1 heterocycles. The molecular weight excluding hydrogens is 234 g/mol. The molecule has 0 unspecified atom stereocenters. The maximum absolute atomic E-state index is 12.1. The Morgan fingerprint density at radius 2 is 2.06 bits per heavy atom. The first-order valence-corrected chi connectivity index (χ1v) is 6.52. The van der Waals surface area contributed by atoms with Crippen LogP contribution in [0, 0.1) is 13.8 Å². The van der Waals surface area contributed by atoms with Crippen LogP contribution in [0.5, 0.6) is 0 Å². The van der Waals surface area contributed by atoms with E-state index in [9.17, 15) is 9.90 Å². The molecule has 1 rings (SSSR count). The van der Waals surface area contributed by atoms with E-state index in [2.05, 4.69) is 0 Å². The predicted octanol–water partition coefficient (Wildman–Crippen LogP) is 2.25. The smallest absolute Gasteiger partial charge is 0.177 e. The highest BCUT2D eigenvalue weighted by molar-refractivity contribution is 7.12. The Kier molecular flexibility index (Phi) is 4.47. The van der Waals surface area contributed by atoms with Gasteiger partial charge in [0.1, 0.15) is 0 Å². The molecule has 0 bridgehead atoms. The zero-order valence-electron chi connectivity index (χ0n) is 11.2. The molecule has 4 heteroatoms. The molecule has 0 aliphatic heterocycles. The average Bonchev–Trinajstić information content (AvgIpc) is 2.57. The first-order valence-electron chi connectivity index (χ1n) is 5.70. The molecule has 0 radical (unpaired) electrons. The predicted molar refractivity (Wildman–Crippen MR) is 71.9 cm³/mol. The van der Waals surface area contributed by atoms with Crippen LogP contribution in [0.25, 0.3) is 0 Å². The standard InChI is InChI=1S/C13H21NO2S/c1-9-6-11(10(2)17-9)12(16)7-14(5)13(3,4)8-15/h6,15H,7-8H2,1-5H3. The normalized spacial score (nSPS) is 12.2. The van der Waals surface area contributed by atoms with E-state index in [1.54, 1.807) is 11.3 Å². The van der Waals surface area contributed by atoms with E-state index in [-0.39, 0.29) is 17.9 Å². The minimum atomic E-state index is -0.366. The highest BCUT2D eigenvalue weighted by Gasteiger charge is 2.25. The molecule has 0 fully saturated rings. The van der Waals surface area contributed by atoms with Gasteiger partial charge in [-0.3, -0.25) is 9.69 Å². The number of likely N-dealkylation sites (N-methyl/N-ethyl adjacent to an activating group) is 1. The van der Waals surface area contributed by atoms with Gasteiger partial charge in [0.15, 0.2) is 5.78 Å². The molecule has 0 saturated heterocycles. The fourth-order valence-electron chi connectivity index (χ4n) is 1.54. The Bertz CT molecular complexity index is 410. The summed E-state index contributed by atoms with van der Waals surface area (Å²) in [6.45, 7) is 8.21. The number of hydrogen-bond donors (Lipinski definition) is 1. The lowest BCUT2D eigenvalue weighted by molar-refractivity contribution is 0.0659. The minimum Gasteiger partial charge on any atom is -0.394 e. The summed E-state index contributed by atoms with van der Waals surface area (Å²) in [5.74, 6) is 0.121. The van der Waals surface area contributed by atoms with Crippen LogP contribution >= 0.6 is 11.3 Å². The van der Waals surface area contributed by atoms with Gasteiger partial charge in [0.25, 0.3) is 0 Å². The van der Waals surface area contributed by atoms with Crippen molar-refractivity contribution in [2.75, 3.05) is 20.2 Å². The van der Waals surface area contributed by atoms with Crippen molar-refractivity contribution in [3.05, 3.63) is 21.4 Å². The zero-order valence-corrected chi connectivity index (χ0v) is 12.0. The molecule has 0 aliphatic carbocycles. The number of aliphatic hydroxyl groups excluding tert-OH is 1. The van der Waals surface area contributed by atoms with Crippen molar-refractivity contribution < 1.29 is 9.90 Å². The van der Waals surface area contributed by atoms with Crippen molar-refractivity contribution in [1.82, 2.24) is 4.90 Å². The van der Waals surface area contributed by atoms with Crippen LogP contribution < -0.4 is 0 Å². The summed E-state index contributed by atoms with van der Waals surface area (Å²) in [5.41, 5.74) is 0.447. The van der Waals surface area contributed by atoms with Gasteiger partial charge in [-0.1, -0.05) is 0 Å². The van der Waals surface area contributed by atoms with Crippen molar-refractivity contribution in [2.45, 2.75) is 33.2 Å². The van der Waals surface area contributed by atoms with Crippen LogP contribution in [0.4, 0.5) is 0 Å². The van der Waals surface area contributed by atoms with E-state index in [0.717, 1.165) is 15.3 Å². The van der Waals surface area contributed by atoms with Gasteiger partial charge in [-0.2, -0.15) is 0 Å². The van der Waals surface area contributed by atoms with E-state index in [1.165, 1.54) is 0 Å². The van der Waals surface area contributed by atoms with Crippen molar-refractivity contribution in [3.63, 3.8) is 0 Å². The Labute approximate surface area is 107 Å². The average molecular weight is 255 g/mol. The van der Waals surface area contributed by atoms with Gasteiger partial charge in [-0.05, 0) is 40.8 Å². The molecule has 3 nitrogen and oxygen atoms in total. The maximum Gasteiger partial charge on any atom is 0.177 e. The van der Waals surface area contributed by atoms with Crippen molar-refractivity contribution in [3.8, 4) is 0 Å². The van der Waals surface area contributed by atoms with Crippen LogP contribution in [0.1, 0.15) is 34.0 Å². The first kappa shape index (κ1) is 14.4. The van der Waals surface area contributed by atoms with Crippen LogP contribution in [-0.4, -0.2) is 41.5 Å². The number of ketones is 1. The topological polar surface area (TPSA) is 40.5 Å². The highest BCUT2D eigenvalue weighted by Crippen LogP contribution is 2.22. The van der Waals surface area contributed by atoms with Gasteiger partial charge >= 0.3 is 0 Å². The summed E-state index contributed by atoms with van der Waals surface area (Å²) < 4.78 is 0. The van der Waals surface area contributed by atoms with E-state index in [1.807, 2.05) is 45.7 Å². The number of thiophene rings is 1. The molecule has 1 N–H and O–H groups in total. The molecule has 1 aromatic heterocycles. The van der Waals surface area contributed by atoms with Crippen molar-refractivity contribution in [1.29, 1.82) is 0 Å². The molecule has 0 aliphatic rings. The van der Waals surface area contributed by atoms with Crippen LogP contribution in [0.15, 0.2) is 6.07 Å². The van der Waals surface area contributed by atoms with Gasteiger partial charge < -0.3 is 5.11 Å². The van der Waals surface area contributed by atoms with Crippen LogP contribution in [-0.2, 0) is 0 Å². The van der Waals surface area contributed by atoms with E-state index >= 15 is 0 Å². The summed E-state index contributed by atoms with van der Waals surface area (Å²) in [7, 11) is 1.86. The summed E-state index contributed by atoms with van der Waals surface area (Å²) in [6.07, 6.45) is 0. The summed E-state index contributed by atoms with van der Waals surface area (Å²) in [6, 6.07) is 1.95. The van der Waals surface area contributed by atoms with Gasteiger partial charge in [-0.25, -0.2) is 0 Å². The fraction of sp³-hybridized carbons (Fsp3) is 0.615. The number of nitrogens with zero attached hydrogens (tertiary/aromatic N) is 1. The molecule has 0 saturated carbocycles. The lowest BCUT2D eigenvalue weighted by atomic mass is 10.0. The third-order valence-corrected chi connectivity index (χ3v) is 4.11. The fourth-order valence-corrected chi connectivity index (χ4v) is 2.49. The second kappa shape index (κ2) is 5.29. The summed E-state index contributed by atoms with van der Waals surface area (Å²) >= 11 is 1.65. The van der Waals surface area contributed by atoms with E-state index in [4.69, 9.17) is 0 Å². The molecular formula is C13H21NO2S. The number of carbonyl (C=O) groups excluding carboxylic acids is 1. The van der Waals surface area contributed by atoms with E-state index < -0.39 is 0 Å². The van der Waals surface area contributed by atoms with Gasteiger partial charge in [-0.15, -0.1) is 11.3 Å². The largest absolute Gasteiger partial charge is 0.394 e. The maximum atomic E-state index is 12.1. The summed E-state index contributed by atoms with van der Waals surface area (Å²) in [4.78, 5) is 16.3. The number of carbonyl (C=O) groups is 1. The lowest BCUT2D eigenvalue weighted by Gasteiger charge is -2.33. The number of aryl methyl sites for hydroxylation is 2. The van der Waals surface area contributed by atoms with Gasteiger partial charge in [0.05, 0.1) is 13.2 Å². The molecule has 0 aromatic carbocycles. The Balaban J connectivity index is 2.77. The number of Topliss-reactive ketones (excluding diaryl/α,β-unsaturated/α-hetero) is 1. The second-order valence-corrected chi connectivity index (χ2v) is 6.54. The Hall–Kier alpha value is -0.710. The van der Waals surface area contributed by atoms with Gasteiger partial charge in [0, 0.05) is 20.9 Å². The molecule has 0 atom stereocenters. The van der Waals surface area contributed by atoms with E-state index in [0.29, 0.717) is 6.54 Å². The SMILES string of the molecule is Cc1cc(C(=O)CN(C)C(C)(C)CO)c(C)s1. The molecule has 96 valence electrons. The molecule has 0 spiro atoms. The highest BCUT2D eigenvalue weighted by atomic mass is 32.1. The molecule has 17 heavy (non-hydrogen) atoms. The molecule has 0 amide bonds.